The number of sulfonamides is 1. The second kappa shape index (κ2) is 8.42. The largest absolute Gasteiger partial charge is 0.433 e. The molecule has 1 aromatic carbocycles. The van der Waals surface area contributed by atoms with Crippen LogP contribution in [0.25, 0.3) is 0 Å². The van der Waals surface area contributed by atoms with Crippen molar-refractivity contribution >= 4 is 39.7 Å². The van der Waals surface area contributed by atoms with Gasteiger partial charge in [0.2, 0.25) is 11.9 Å². The standard InChI is InChI=1S/C19H20N6O6S/c1-23-15-4-2-3-5-16(15)32(29,30)22-19(23)24-10-8-13(9-11-24)18(26)21-20-12-14-6-7-17(31-14)25(27)28/h2-7,12-13H,8-11H2,1H3,(H,21,26)/b20-12+. The molecule has 0 unspecified atom stereocenters. The Morgan fingerprint density at radius 3 is 2.69 bits per heavy atom. The lowest BCUT2D eigenvalue weighted by atomic mass is 9.96. The Morgan fingerprint density at radius 2 is 2.00 bits per heavy atom. The molecule has 0 radical (unpaired) electrons. The van der Waals surface area contributed by atoms with E-state index in [1.165, 1.54) is 24.4 Å². The van der Waals surface area contributed by atoms with Crippen LogP contribution < -0.4 is 10.3 Å². The maximum Gasteiger partial charge on any atom is 0.433 e. The number of hydrazone groups is 1. The molecule has 0 aliphatic carbocycles. The number of likely N-dealkylation sites (tertiary alicyclic amines) is 1. The van der Waals surface area contributed by atoms with Crippen LogP contribution in [0.15, 0.2) is 55.2 Å². The highest BCUT2D eigenvalue weighted by Gasteiger charge is 2.34. The first kappa shape index (κ1) is 21.5. The van der Waals surface area contributed by atoms with Crippen LogP contribution in [0.4, 0.5) is 11.6 Å². The number of carbonyl (C=O) groups is 1. The van der Waals surface area contributed by atoms with Crippen LogP contribution in [0.5, 0.6) is 0 Å². The summed E-state index contributed by atoms with van der Waals surface area (Å²) < 4.78 is 34.0. The van der Waals surface area contributed by atoms with E-state index >= 15 is 0 Å². The van der Waals surface area contributed by atoms with Crippen molar-refractivity contribution in [3.8, 4) is 0 Å². The molecule has 0 bridgehead atoms. The summed E-state index contributed by atoms with van der Waals surface area (Å²) in [5, 5.41) is 14.4. The molecule has 168 valence electrons. The Bertz CT molecular complexity index is 1210. The molecule has 13 heteroatoms. The summed E-state index contributed by atoms with van der Waals surface area (Å²) in [7, 11) is -2.03. The highest BCUT2D eigenvalue weighted by molar-refractivity contribution is 7.90. The lowest BCUT2D eigenvalue weighted by Crippen LogP contribution is -2.49. The zero-order valence-corrected chi connectivity index (χ0v) is 17.9. The number of carbonyl (C=O) groups excluding carboxylic acids is 1. The van der Waals surface area contributed by atoms with E-state index in [9.17, 15) is 23.3 Å². The van der Waals surface area contributed by atoms with Crippen molar-refractivity contribution in [1.29, 1.82) is 0 Å². The number of benzene rings is 1. The van der Waals surface area contributed by atoms with Gasteiger partial charge >= 0.3 is 5.88 Å². The minimum Gasteiger partial charge on any atom is -0.400 e. The molecule has 1 amide bonds. The topological polar surface area (TPSA) is 151 Å². The van der Waals surface area contributed by atoms with Gasteiger partial charge in [0.1, 0.15) is 9.82 Å². The average molecular weight is 460 g/mol. The predicted molar refractivity (Wildman–Crippen MR) is 115 cm³/mol. The summed E-state index contributed by atoms with van der Waals surface area (Å²) in [6, 6.07) is 9.26. The number of nitrogens with zero attached hydrogens (tertiary/aromatic N) is 5. The van der Waals surface area contributed by atoms with Gasteiger partial charge < -0.3 is 14.2 Å². The number of hydrogen-bond donors (Lipinski definition) is 1. The molecule has 1 N–H and O–H groups in total. The quantitative estimate of drug-likeness (QED) is 0.410. The molecule has 32 heavy (non-hydrogen) atoms. The van der Waals surface area contributed by atoms with Gasteiger partial charge in [0.15, 0.2) is 5.76 Å². The number of hydrogen-bond acceptors (Lipinski definition) is 9. The van der Waals surface area contributed by atoms with Gasteiger partial charge in [0.05, 0.1) is 18.0 Å². The monoisotopic (exact) mass is 460 g/mol. The SMILES string of the molecule is CN1C(N2CCC(C(=O)N/N=C/c3ccc([N+](=O)[O-])o3)CC2)=NS(=O)(=O)c2ccccc21. The molecule has 3 heterocycles. The van der Waals surface area contributed by atoms with Crippen molar-refractivity contribution in [2.45, 2.75) is 17.7 Å². The van der Waals surface area contributed by atoms with Crippen LogP contribution in [0, 0.1) is 16.0 Å². The highest BCUT2D eigenvalue weighted by atomic mass is 32.2. The van der Waals surface area contributed by atoms with Crippen molar-refractivity contribution in [3.05, 3.63) is 52.3 Å². The fraction of sp³-hybridized carbons (Fsp3) is 0.316. The van der Waals surface area contributed by atoms with Gasteiger partial charge in [-0.25, -0.2) is 5.43 Å². The van der Waals surface area contributed by atoms with Gasteiger partial charge in [0, 0.05) is 26.1 Å². The van der Waals surface area contributed by atoms with E-state index in [0.29, 0.717) is 37.6 Å². The minimum absolute atomic E-state index is 0.145. The van der Waals surface area contributed by atoms with E-state index in [1.807, 2.05) is 4.90 Å². The normalized spacial score (nSPS) is 18.3. The Hall–Kier alpha value is -3.74. The molecule has 1 aromatic heterocycles. The molecule has 0 saturated carbocycles. The molecule has 2 aliphatic heterocycles. The maximum absolute atomic E-state index is 12.6. The third kappa shape index (κ3) is 4.19. The van der Waals surface area contributed by atoms with Gasteiger partial charge in [-0.15, -0.1) is 4.40 Å². The number of para-hydroxylation sites is 1. The van der Waals surface area contributed by atoms with Crippen molar-refractivity contribution in [2.24, 2.45) is 15.4 Å². The Morgan fingerprint density at radius 1 is 1.28 bits per heavy atom. The van der Waals surface area contributed by atoms with Crippen LogP contribution in [-0.4, -0.2) is 56.5 Å². The average Bonchev–Trinajstić information content (AvgIpc) is 3.26. The van der Waals surface area contributed by atoms with Crippen LogP contribution >= 0.6 is 0 Å². The number of rotatable bonds is 4. The third-order valence-corrected chi connectivity index (χ3v) is 6.62. The van der Waals surface area contributed by atoms with Gasteiger partial charge in [0.25, 0.3) is 10.0 Å². The number of furan rings is 1. The Balaban J connectivity index is 1.36. The van der Waals surface area contributed by atoms with Crippen molar-refractivity contribution in [3.63, 3.8) is 0 Å². The third-order valence-electron chi connectivity index (χ3n) is 5.31. The number of amides is 1. The number of nitrogens with one attached hydrogen (secondary N) is 1. The first-order valence-corrected chi connectivity index (χ1v) is 11.2. The van der Waals surface area contributed by atoms with E-state index in [4.69, 9.17) is 4.42 Å². The number of piperidine rings is 1. The van der Waals surface area contributed by atoms with Gasteiger partial charge in [-0.1, -0.05) is 12.1 Å². The second-order valence-electron chi connectivity index (χ2n) is 7.32. The summed E-state index contributed by atoms with van der Waals surface area (Å²) in [6.07, 6.45) is 2.16. The second-order valence-corrected chi connectivity index (χ2v) is 8.89. The molecule has 0 spiro atoms. The molecule has 12 nitrogen and oxygen atoms in total. The molecule has 2 aliphatic rings. The number of fused-ring (bicyclic) bond motifs is 1. The molecule has 1 fully saturated rings. The van der Waals surface area contributed by atoms with Crippen molar-refractivity contribution in [2.75, 3.05) is 25.0 Å². The molecule has 0 atom stereocenters. The Kier molecular flexibility index (Phi) is 5.65. The fourth-order valence-electron chi connectivity index (χ4n) is 3.65. The summed E-state index contributed by atoms with van der Waals surface area (Å²) >= 11 is 0. The first-order chi connectivity index (χ1) is 15.3. The van der Waals surface area contributed by atoms with Gasteiger partial charge in [-0.3, -0.25) is 14.9 Å². The number of guanidine groups is 1. The summed E-state index contributed by atoms with van der Waals surface area (Å²) in [5.41, 5.74) is 2.97. The lowest BCUT2D eigenvalue weighted by molar-refractivity contribution is -0.402. The molecule has 2 aromatic rings. The summed E-state index contributed by atoms with van der Waals surface area (Å²) in [6.45, 7) is 0.903. The van der Waals surface area contributed by atoms with E-state index in [0.717, 1.165) is 0 Å². The predicted octanol–water partition coefficient (Wildman–Crippen LogP) is 1.54. The first-order valence-electron chi connectivity index (χ1n) is 9.76. The lowest BCUT2D eigenvalue weighted by Gasteiger charge is -2.38. The van der Waals surface area contributed by atoms with Crippen molar-refractivity contribution < 1.29 is 22.6 Å². The highest BCUT2D eigenvalue weighted by Crippen LogP contribution is 2.32. The van der Waals surface area contributed by atoms with E-state index in [1.54, 1.807) is 30.1 Å². The molecular weight excluding hydrogens is 440 g/mol. The fourth-order valence-corrected chi connectivity index (χ4v) is 4.92. The zero-order valence-electron chi connectivity index (χ0n) is 17.0. The molecule has 1 saturated heterocycles. The number of nitro groups is 1. The van der Waals surface area contributed by atoms with Gasteiger partial charge in [-0.05, 0) is 31.0 Å². The molecular formula is C19H20N6O6S. The summed E-state index contributed by atoms with van der Waals surface area (Å²) in [5.74, 6) is -0.538. The van der Waals surface area contributed by atoms with Crippen LogP contribution in [0.2, 0.25) is 0 Å². The van der Waals surface area contributed by atoms with Gasteiger partial charge in [-0.2, -0.15) is 13.5 Å². The van der Waals surface area contributed by atoms with Crippen LogP contribution in [0.3, 0.4) is 0 Å². The minimum atomic E-state index is -3.79. The maximum atomic E-state index is 12.6. The molecule has 4 rings (SSSR count). The smallest absolute Gasteiger partial charge is 0.400 e. The van der Waals surface area contributed by atoms with Crippen molar-refractivity contribution in [1.82, 2.24) is 10.3 Å². The van der Waals surface area contributed by atoms with E-state index < -0.39 is 20.8 Å². The zero-order chi connectivity index (χ0) is 22.9. The van der Waals surface area contributed by atoms with Crippen LogP contribution in [0.1, 0.15) is 18.6 Å². The van der Waals surface area contributed by atoms with E-state index in [-0.39, 0.29) is 22.5 Å². The number of anilines is 1. The van der Waals surface area contributed by atoms with Crippen LogP contribution in [-0.2, 0) is 14.8 Å². The summed E-state index contributed by atoms with van der Waals surface area (Å²) in [4.78, 5) is 26.1. The Labute approximate surface area is 183 Å². The van der Waals surface area contributed by atoms with E-state index in [2.05, 4.69) is 14.9 Å².